The van der Waals surface area contributed by atoms with Gasteiger partial charge in [0.2, 0.25) is 11.8 Å². The van der Waals surface area contributed by atoms with E-state index in [1.54, 1.807) is 30.3 Å². The van der Waals surface area contributed by atoms with Gasteiger partial charge in [-0.05, 0) is 41.3 Å². The number of benzene rings is 3. The fourth-order valence-electron chi connectivity index (χ4n) is 3.61. The average molecular weight is 451 g/mol. The van der Waals surface area contributed by atoms with E-state index in [1.165, 1.54) is 23.1 Å². The molecule has 0 spiro atoms. The van der Waals surface area contributed by atoms with Crippen LogP contribution in [0.4, 0.5) is 8.78 Å². The van der Waals surface area contributed by atoms with E-state index in [0.717, 1.165) is 12.0 Å². The fraction of sp³-hybridized carbons (Fsp3) is 0.259. The van der Waals surface area contributed by atoms with Gasteiger partial charge in [0.15, 0.2) is 0 Å². The second-order valence-electron chi connectivity index (χ2n) is 7.91. The maximum absolute atomic E-state index is 14.3. The Kier molecular flexibility index (Phi) is 8.70. The van der Waals surface area contributed by atoms with Gasteiger partial charge in [-0.15, -0.1) is 0 Å². The van der Waals surface area contributed by atoms with Gasteiger partial charge in [-0.25, -0.2) is 8.78 Å². The van der Waals surface area contributed by atoms with Crippen molar-refractivity contribution in [2.45, 2.75) is 38.8 Å². The van der Waals surface area contributed by atoms with Crippen molar-refractivity contribution in [3.8, 4) is 0 Å². The largest absolute Gasteiger partial charge is 0.354 e. The zero-order valence-corrected chi connectivity index (χ0v) is 18.6. The zero-order valence-electron chi connectivity index (χ0n) is 18.6. The Morgan fingerprint density at radius 1 is 0.879 bits per heavy atom. The lowest BCUT2D eigenvalue weighted by Gasteiger charge is -2.31. The number of halogens is 2. The standard InChI is InChI=1S/C27H28F2N2O2/c1-2-16-30-27(33)25(17-20-8-4-3-5-9-20)31(19-21-12-14-23(28)15-13-21)26(32)18-22-10-6-7-11-24(22)29/h3-15,25H,2,16-19H2,1H3,(H,30,33). The van der Waals surface area contributed by atoms with Gasteiger partial charge in [-0.3, -0.25) is 9.59 Å². The minimum Gasteiger partial charge on any atom is -0.354 e. The normalized spacial score (nSPS) is 11.6. The first-order chi connectivity index (χ1) is 16.0. The van der Waals surface area contributed by atoms with Gasteiger partial charge < -0.3 is 10.2 Å². The number of nitrogens with zero attached hydrogens (tertiary/aromatic N) is 1. The molecule has 0 fully saturated rings. The van der Waals surface area contributed by atoms with E-state index in [0.29, 0.717) is 18.5 Å². The maximum Gasteiger partial charge on any atom is 0.243 e. The molecule has 2 amide bonds. The van der Waals surface area contributed by atoms with Gasteiger partial charge in [0.25, 0.3) is 0 Å². The van der Waals surface area contributed by atoms with Gasteiger partial charge in [0, 0.05) is 19.5 Å². The Bertz CT molecular complexity index is 1060. The third kappa shape index (κ3) is 6.97. The molecule has 3 rings (SSSR count). The molecule has 0 bridgehead atoms. The highest BCUT2D eigenvalue weighted by Gasteiger charge is 2.30. The van der Waals surface area contributed by atoms with Gasteiger partial charge >= 0.3 is 0 Å². The number of amides is 2. The Hall–Kier alpha value is -3.54. The summed E-state index contributed by atoms with van der Waals surface area (Å²) in [5.74, 6) is -1.51. The Morgan fingerprint density at radius 2 is 1.55 bits per heavy atom. The van der Waals surface area contributed by atoms with E-state index in [4.69, 9.17) is 0 Å². The number of nitrogens with one attached hydrogen (secondary N) is 1. The summed E-state index contributed by atoms with van der Waals surface area (Å²) in [4.78, 5) is 28.1. The molecule has 3 aromatic rings. The van der Waals surface area contributed by atoms with Crippen LogP contribution in [0.2, 0.25) is 0 Å². The molecule has 0 saturated carbocycles. The molecule has 1 atom stereocenters. The summed E-state index contributed by atoms with van der Waals surface area (Å²) >= 11 is 0. The topological polar surface area (TPSA) is 49.4 Å². The highest BCUT2D eigenvalue weighted by molar-refractivity contribution is 5.88. The van der Waals surface area contributed by atoms with Crippen LogP contribution in [0.25, 0.3) is 0 Å². The molecular formula is C27H28F2N2O2. The van der Waals surface area contributed by atoms with Gasteiger partial charge in [-0.1, -0.05) is 67.6 Å². The lowest BCUT2D eigenvalue weighted by Crippen LogP contribution is -2.51. The molecule has 0 radical (unpaired) electrons. The summed E-state index contributed by atoms with van der Waals surface area (Å²) in [5, 5.41) is 2.89. The Morgan fingerprint density at radius 3 is 2.21 bits per heavy atom. The van der Waals surface area contributed by atoms with Crippen LogP contribution in [0.5, 0.6) is 0 Å². The molecule has 0 saturated heterocycles. The Labute approximate surface area is 193 Å². The minimum absolute atomic E-state index is 0.102. The van der Waals surface area contributed by atoms with Crippen LogP contribution in [0.1, 0.15) is 30.0 Å². The second-order valence-corrected chi connectivity index (χ2v) is 7.91. The van der Waals surface area contributed by atoms with Crippen molar-refractivity contribution in [1.82, 2.24) is 10.2 Å². The highest BCUT2D eigenvalue weighted by atomic mass is 19.1. The van der Waals surface area contributed by atoms with Crippen molar-refractivity contribution in [3.05, 3.63) is 107 Å². The van der Waals surface area contributed by atoms with Crippen LogP contribution in [-0.2, 0) is 29.0 Å². The summed E-state index contributed by atoms with van der Waals surface area (Å²) in [6, 6.07) is 20.5. The van der Waals surface area contributed by atoms with Crippen molar-refractivity contribution in [2.75, 3.05) is 6.54 Å². The zero-order chi connectivity index (χ0) is 23.6. The summed E-state index contributed by atoms with van der Waals surface area (Å²) in [6.45, 7) is 2.53. The molecule has 0 aliphatic heterocycles. The first-order valence-corrected chi connectivity index (χ1v) is 11.1. The van der Waals surface area contributed by atoms with E-state index < -0.39 is 11.9 Å². The van der Waals surface area contributed by atoms with Gasteiger partial charge in [0.1, 0.15) is 17.7 Å². The molecule has 1 N–H and O–H groups in total. The monoisotopic (exact) mass is 450 g/mol. The summed E-state index contributed by atoms with van der Waals surface area (Å²) < 4.78 is 27.7. The van der Waals surface area contributed by atoms with E-state index in [-0.39, 0.29) is 36.2 Å². The lowest BCUT2D eigenvalue weighted by molar-refractivity contribution is -0.140. The first kappa shape index (κ1) is 24.1. The SMILES string of the molecule is CCCNC(=O)C(Cc1ccccc1)N(Cc1ccc(F)cc1)C(=O)Cc1ccccc1F. The van der Waals surface area contributed by atoms with E-state index in [9.17, 15) is 18.4 Å². The molecule has 4 nitrogen and oxygen atoms in total. The van der Waals surface area contributed by atoms with Crippen LogP contribution >= 0.6 is 0 Å². The van der Waals surface area contributed by atoms with E-state index in [1.807, 2.05) is 37.3 Å². The highest BCUT2D eigenvalue weighted by Crippen LogP contribution is 2.18. The molecule has 33 heavy (non-hydrogen) atoms. The van der Waals surface area contributed by atoms with E-state index >= 15 is 0 Å². The van der Waals surface area contributed by atoms with E-state index in [2.05, 4.69) is 5.32 Å². The predicted octanol–water partition coefficient (Wildman–Crippen LogP) is 4.67. The molecule has 0 aliphatic rings. The number of carbonyl (C=O) groups excluding carboxylic acids is 2. The third-order valence-electron chi connectivity index (χ3n) is 5.39. The van der Waals surface area contributed by atoms with Crippen molar-refractivity contribution in [3.63, 3.8) is 0 Å². The third-order valence-corrected chi connectivity index (χ3v) is 5.39. The predicted molar refractivity (Wildman–Crippen MR) is 124 cm³/mol. The quantitative estimate of drug-likeness (QED) is 0.488. The second kappa shape index (κ2) is 11.9. The fourth-order valence-corrected chi connectivity index (χ4v) is 3.61. The number of rotatable bonds is 10. The molecule has 0 aliphatic carbocycles. The number of carbonyl (C=O) groups is 2. The first-order valence-electron chi connectivity index (χ1n) is 11.1. The average Bonchev–Trinajstić information content (AvgIpc) is 2.83. The molecule has 1 unspecified atom stereocenters. The van der Waals surface area contributed by atoms with Crippen LogP contribution in [0.3, 0.4) is 0 Å². The Balaban J connectivity index is 1.95. The van der Waals surface area contributed by atoms with Gasteiger partial charge in [0.05, 0.1) is 6.42 Å². The van der Waals surface area contributed by atoms with Crippen LogP contribution < -0.4 is 5.32 Å². The number of hydrogen-bond donors (Lipinski definition) is 1. The molecule has 6 heteroatoms. The summed E-state index contributed by atoms with van der Waals surface area (Å²) in [6.07, 6.45) is 0.881. The maximum atomic E-state index is 14.3. The molecule has 0 aromatic heterocycles. The molecule has 3 aromatic carbocycles. The smallest absolute Gasteiger partial charge is 0.243 e. The minimum atomic E-state index is -0.803. The van der Waals surface area contributed by atoms with Crippen molar-refractivity contribution < 1.29 is 18.4 Å². The van der Waals surface area contributed by atoms with Crippen molar-refractivity contribution in [1.29, 1.82) is 0 Å². The van der Waals surface area contributed by atoms with Crippen molar-refractivity contribution >= 4 is 11.8 Å². The lowest BCUT2D eigenvalue weighted by atomic mass is 10.0. The van der Waals surface area contributed by atoms with Crippen LogP contribution in [0.15, 0.2) is 78.9 Å². The van der Waals surface area contributed by atoms with Crippen LogP contribution in [0, 0.1) is 11.6 Å². The van der Waals surface area contributed by atoms with Crippen LogP contribution in [-0.4, -0.2) is 29.3 Å². The molecular weight excluding hydrogens is 422 g/mol. The number of hydrogen-bond acceptors (Lipinski definition) is 2. The molecule has 172 valence electrons. The molecule has 0 heterocycles. The summed E-state index contributed by atoms with van der Waals surface area (Å²) in [5.41, 5.74) is 1.84. The summed E-state index contributed by atoms with van der Waals surface area (Å²) in [7, 11) is 0. The van der Waals surface area contributed by atoms with Gasteiger partial charge in [-0.2, -0.15) is 0 Å². The van der Waals surface area contributed by atoms with Crippen molar-refractivity contribution in [2.24, 2.45) is 0 Å².